The molecule has 2 unspecified atom stereocenters. The van der Waals surface area contributed by atoms with Crippen LogP contribution in [0, 0.1) is 5.82 Å². The number of nitrogens with zero attached hydrogens (tertiary/aromatic N) is 4. The highest BCUT2D eigenvalue weighted by atomic mass is 19.3. The Kier molecular flexibility index (Phi) is 6.35. The van der Waals surface area contributed by atoms with Crippen LogP contribution in [0.15, 0.2) is 42.6 Å². The molecular weight excluding hydrogens is 445 g/mol. The largest absolute Gasteiger partial charge is 0.365 e. The first-order chi connectivity index (χ1) is 16.1. The van der Waals surface area contributed by atoms with Gasteiger partial charge in [-0.15, -0.1) is 0 Å². The Morgan fingerprint density at radius 3 is 2.68 bits per heavy atom. The zero-order chi connectivity index (χ0) is 24.6. The molecule has 0 radical (unpaired) electrons. The fourth-order valence-corrected chi connectivity index (χ4v) is 4.65. The molecule has 1 aliphatic rings. The van der Waals surface area contributed by atoms with Crippen LogP contribution in [0.5, 0.6) is 0 Å². The van der Waals surface area contributed by atoms with E-state index < -0.39 is 29.7 Å². The minimum absolute atomic E-state index is 0.0143. The lowest BCUT2D eigenvalue weighted by atomic mass is 9.85. The van der Waals surface area contributed by atoms with E-state index in [9.17, 15) is 4.79 Å². The van der Waals surface area contributed by atoms with Crippen LogP contribution in [-0.4, -0.2) is 59.9 Å². The van der Waals surface area contributed by atoms with Gasteiger partial charge in [-0.05, 0) is 57.3 Å². The van der Waals surface area contributed by atoms with E-state index in [4.69, 9.17) is 5.73 Å². The van der Waals surface area contributed by atoms with Gasteiger partial charge in [0, 0.05) is 36.8 Å². The number of halogens is 3. The first-order valence-corrected chi connectivity index (χ1v) is 11.0. The number of carbonyl (C=O) groups is 1. The molecule has 34 heavy (non-hydrogen) atoms. The Labute approximate surface area is 195 Å². The van der Waals surface area contributed by atoms with E-state index >= 15 is 13.2 Å². The number of pyridine rings is 2. The summed E-state index contributed by atoms with van der Waals surface area (Å²) >= 11 is 0. The van der Waals surface area contributed by atoms with Crippen molar-refractivity contribution in [2.24, 2.45) is 5.73 Å². The summed E-state index contributed by atoms with van der Waals surface area (Å²) in [4.78, 5) is 23.5. The second-order valence-electron chi connectivity index (χ2n) is 8.83. The van der Waals surface area contributed by atoms with Crippen molar-refractivity contribution in [2.75, 3.05) is 31.4 Å². The number of carbonyl (C=O) groups excluding carboxylic acids is 1. The lowest BCUT2D eigenvalue weighted by Gasteiger charge is -2.46. The van der Waals surface area contributed by atoms with Crippen LogP contribution < -0.4 is 16.0 Å². The average molecular weight is 473 g/mol. The SMILES string of the molecule is CN(C)C1CCCC(F)(F)C1N(C)c1nc(Nc2ccc3ncccc3c2)c(C(N)=O)cc1F. The number of nitrogens with two attached hydrogens (primary N) is 1. The molecule has 4 rings (SSSR count). The predicted molar refractivity (Wildman–Crippen MR) is 126 cm³/mol. The number of fused-ring (bicyclic) bond motifs is 1. The van der Waals surface area contributed by atoms with Crippen LogP contribution in [0.2, 0.25) is 0 Å². The molecule has 3 aromatic rings. The Balaban J connectivity index is 1.76. The van der Waals surface area contributed by atoms with Gasteiger partial charge in [0.2, 0.25) is 0 Å². The predicted octanol–water partition coefficient (Wildman–Crippen LogP) is 4.17. The summed E-state index contributed by atoms with van der Waals surface area (Å²) < 4.78 is 45.2. The second kappa shape index (κ2) is 9.09. The van der Waals surface area contributed by atoms with Crippen molar-refractivity contribution in [1.29, 1.82) is 0 Å². The molecule has 0 bridgehead atoms. The van der Waals surface area contributed by atoms with Gasteiger partial charge in [0.1, 0.15) is 11.9 Å². The van der Waals surface area contributed by atoms with E-state index in [0.29, 0.717) is 18.5 Å². The van der Waals surface area contributed by atoms with Crippen molar-refractivity contribution in [3.05, 3.63) is 54.0 Å². The summed E-state index contributed by atoms with van der Waals surface area (Å²) in [7, 11) is 4.87. The molecule has 1 aliphatic carbocycles. The fraction of sp³-hybridized carbons (Fsp3) is 0.375. The normalized spacial score (nSPS) is 19.9. The van der Waals surface area contributed by atoms with Crippen molar-refractivity contribution in [2.45, 2.75) is 37.3 Å². The van der Waals surface area contributed by atoms with Crippen LogP contribution in [0.1, 0.15) is 29.6 Å². The number of hydrogen-bond donors (Lipinski definition) is 2. The van der Waals surface area contributed by atoms with Gasteiger partial charge in [-0.1, -0.05) is 6.07 Å². The molecule has 0 saturated heterocycles. The highest BCUT2D eigenvalue weighted by Gasteiger charge is 2.50. The van der Waals surface area contributed by atoms with Crippen molar-refractivity contribution in [1.82, 2.24) is 14.9 Å². The Morgan fingerprint density at radius 2 is 1.97 bits per heavy atom. The fourth-order valence-electron chi connectivity index (χ4n) is 4.65. The van der Waals surface area contributed by atoms with E-state index in [0.717, 1.165) is 17.0 Å². The summed E-state index contributed by atoms with van der Waals surface area (Å²) in [6, 6.07) is 8.10. The molecule has 0 aliphatic heterocycles. The van der Waals surface area contributed by atoms with E-state index in [1.54, 1.807) is 49.5 Å². The topological polar surface area (TPSA) is 87.4 Å². The molecule has 7 nitrogen and oxygen atoms in total. The molecule has 2 aromatic heterocycles. The van der Waals surface area contributed by atoms with E-state index in [2.05, 4.69) is 15.3 Å². The van der Waals surface area contributed by atoms with Crippen LogP contribution in [0.3, 0.4) is 0 Å². The molecule has 180 valence electrons. The van der Waals surface area contributed by atoms with Gasteiger partial charge >= 0.3 is 0 Å². The average Bonchev–Trinajstić information content (AvgIpc) is 2.78. The van der Waals surface area contributed by atoms with Crippen LogP contribution in [0.25, 0.3) is 10.9 Å². The monoisotopic (exact) mass is 472 g/mol. The molecule has 0 spiro atoms. The Morgan fingerprint density at radius 1 is 1.21 bits per heavy atom. The smallest absolute Gasteiger partial charge is 0.269 e. The van der Waals surface area contributed by atoms with Crippen molar-refractivity contribution < 1.29 is 18.0 Å². The molecule has 3 N–H and O–H groups in total. The first-order valence-electron chi connectivity index (χ1n) is 11.0. The van der Waals surface area contributed by atoms with Crippen molar-refractivity contribution in [3.8, 4) is 0 Å². The number of anilines is 3. The van der Waals surface area contributed by atoms with Gasteiger partial charge in [-0.2, -0.15) is 0 Å². The maximum Gasteiger partial charge on any atom is 0.269 e. The molecule has 1 amide bonds. The number of alkyl halides is 2. The molecule has 1 fully saturated rings. The molecule has 2 heterocycles. The number of rotatable bonds is 6. The third-order valence-corrected chi connectivity index (χ3v) is 6.31. The second-order valence-corrected chi connectivity index (χ2v) is 8.83. The standard InChI is InChI=1S/C24H27F3N6O/c1-32(2)19-7-4-10-24(26,27)20(19)33(3)23-17(25)13-16(21(28)34)22(31-23)30-15-8-9-18-14(12-15)6-5-11-29-18/h5-6,8-9,11-13,19-20H,4,7,10H2,1-3H3,(H2,28,34)(H,30,31). The number of amides is 1. The number of benzene rings is 1. The molecule has 2 atom stereocenters. The zero-order valence-corrected chi connectivity index (χ0v) is 19.2. The minimum atomic E-state index is -3.04. The summed E-state index contributed by atoms with van der Waals surface area (Å²) in [5, 5.41) is 3.83. The number of primary amides is 1. The molecule has 1 aromatic carbocycles. The van der Waals surface area contributed by atoms with Gasteiger partial charge in [0.25, 0.3) is 11.8 Å². The highest BCUT2D eigenvalue weighted by molar-refractivity contribution is 5.99. The lowest BCUT2D eigenvalue weighted by molar-refractivity contribution is -0.0778. The van der Waals surface area contributed by atoms with Crippen molar-refractivity contribution >= 4 is 34.1 Å². The van der Waals surface area contributed by atoms with Crippen molar-refractivity contribution in [3.63, 3.8) is 0 Å². The lowest BCUT2D eigenvalue weighted by Crippen LogP contribution is -2.60. The zero-order valence-electron chi connectivity index (χ0n) is 19.2. The third-order valence-electron chi connectivity index (χ3n) is 6.31. The quantitative estimate of drug-likeness (QED) is 0.560. The van der Waals surface area contributed by atoms with E-state index in [1.807, 2.05) is 6.07 Å². The van der Waals surface area contributed by atoms with E-state index in [1.165, 1.54) is 11.9 Å². The number of likely N-dealkylation sites (N-methyl/N-ethyl adjacent to an activating group) is 2. The van der Waals surface area contributed by atoms with Gasteiger partial charge in [0.15, 0.2) is 11.6 Å². The van der Waals surface area contributed by atoms with E-state index in [-0.39, 0.29) is 23.6 Å². The van der Waals surface area contributed by atoms with Gasteiger partial charge < -0.3 is 20.9 Å². The number of aromatic nitrogens is 2. The highest BCUT2D eigenvalue weighted by Crippen LogP contribution is 2.40. The first kappa shape index (κ1) is 23.7. The maximum atomic E-state index is 15.1. The number of hydrogen-bond acceptors (Lipinski definition) is 6. The van der Waals surface area contributed by atoms with Gasteiger partial charge in [-0.25, -0.2) is 18.2 Å². The summed E-state index contributed by atoms with van der Waals surface area (Å²) in [5.74, 6) is -5.13. The third kappa shape index (κ3) is 4.50. The van der Waals surface area contributed by atoms with Crippen LogP contribution in [0.4, 0.5) is 30.5 Å². The minimum Gasteiger partial charge on any atom is -0.365 e. The van der Waals surface area contributed by atoms with Crippen LogP contribution in [-0.2, 0) is 0 Å². The molecular formula is C24H27F3N6O. The Bertz CT molecular complexity index is 1220. The van der Waals surface area contributed by atoms with Crippen LogP contribution >= 0.6 is 0 Å². The molecule has 10 heteroatoms. The number of nitrogens with one attached hydrogen (secondary N) is 1. The summed E-state index contributed by atoms with van der Waals surface area (Å²) in [6.45, 7) is 0. The van der Waals surface area contributed by atoms with Gasteiger partial charge in [-0.3, -0.25) is 9.78 Å². The summed E-state index contributed by atoms with van der Waals surface area (Å²) in [6.07, 6.45) is 2.31. The summed E-state index contributed by atoms with van der Waals surface area (Å²) in [5.41, 5.74) is 6.61. The maximum absolute atomic E-state index is 15.1. The van der Waals surface area contributed by atoms with Gasteiger partial charge in [0.05, 0.1) is 11.1 Å². The molecule has 1 saturated carbocycles. The Hall–Kier alpha value is -3.40.